The topological polar surface area (TPSA) is 50.2 Å². The summed E-state index contributed by atoms with van der Waals surface area (Å²) >= 11 is 0. The molecule has 3 rings (SSSR count). The van der Waals surface area contributed by atoms with Gasteiger partial charge in [0.15, 0.2) is 0 Å². The van der Waals surface area contributed by atoms with Crippen molar-refractivity contribution >= 4 is 6.03 Å². The standard InChI is InChI=1S/C17H22N4O/c1-2-16-18-8-9-20(16)11-15-12-21(13-15)17(22)19-10-14-6-4-3-5-7-14/h3-9,15H,2,10-13H2,1H3,(H,19,22). The number of nitrogens with one attached hydrogen (secondary N) is 1. The summed E-state index contributed by atoms with van der Waals surface area (Å²) < 4.78 is 2.20. The number of urea groups is 1. The lowest BCUT2D eigenvalue weighted by atomic mass is 10.0. The van der Waals surface area contributed by atoms with Crippen molar-refractivity contribution in [2.45, 2.75) is 26.4 Å². The summed E-state index contributed by atoms with van der Waals surface area (Å²) in [5.74, 6) is 1.65. The van der Waals surface area contributed by atoms with Gasteiger partial charge in [0.2, 0.25) is 0 Å². The van der Waals surface area contributed by atoms with Crippen LogP contribution in [-0.4, -0.2) is 33.6 Å². The molecule has 0 saturated carbocycles. The molecular formula is C17H22N4O. The van der Waals surface area contributed by atoms with Crippen LogP contribution in [0, 0.1) is 5.92 Å². The second-order valence-corrected chi connectivity index (χ2v) is 5.76. The molecule has 0 spiro atoms. The van der Waals surface area contributed by atoms with Crippen molar-refractivity contribution in [3.8, 4) is 0 Å². The number of benzene rings is 1. The van der Waals surface area contributed by atoms with Crippen LogP contribution in [0.5, 0.6) is 0 Å². The van der Waals surface area contributed by atoms with Crippen LogP contribution in [-0.2, 0) is 19.5 Å². The van der Waals surface area contributed by atoms with Crippen LogP contribution in [0.1, 0.15) is 18.3 Å². The molecule has 1 aromatic carbocycles. The van der Waals surface area contributed by atoms with E-state index in [4.69, 9.17) is 0 Å². The van der Waals surface area contributed by atoms with Gasteiger partial charge in [0.25, 0.3) is 0 Å². The molecular weight excluding hydrogens is 276 g/mol. The van der Waals surface area contributed by atoms with E-state index in [1.807, 2.05) is 47.6 Å². The Hall–Kier alpha value is -2.30. The maximum Gasteiger partial charge on any atom is 0.317 e. The van der Waals surface area contributed by atoms with E-state index in [2.05, 4.69) is 21.8 Å². The Balaban J connectivity index is 1.42. The minimum Gasteiger partial charge on any atom is -0.335 e. The van der Waals surface area contributed by atoms with E-state index in [1.54, 1.807) is 0 Å². The van der Waals surface area contributed by atoms with E-state index in [0.29, 0.717) is 12.5 Å². The average Bonchev–Trinajstić information content (AvgIpc) is 2.96. The van der Waals surface area contributed by atoms with Crippen molar-refractivity contribution in [3.63, 3.8) is 0 Å². The molecule has 2 heterocycles. The first kappa shape index (κ1) is 14.6. The van der Waals surface area contributed by atoms with E-state index in [-0.39, 0.29) is 6.03 Å². The number of rotatable bonds is 5. The predicted molar refractivity (Wildman–Crippen MR) is 85.3 cm³/mol. The number of carbonyl (C=O) groups excluding carboxylic acids is 1. The largest absolute Gasteiger partial charge is 0.335 e. The van der Waals surface area contributed by atoms with Crippen molar-refractivity contribution in [2.24, 2.45) is 5.92 Å². The lowest BCUT2D eigenvalue weighted by Gasteiger charge is -2.39. The van der Waals surface area contributed by atoms with E-state index >= 15 is 0 Å². The van der Waals surface area contributed by atoms with Gasteiger partial charge in [-0.1, -0.05) is 37.3 Å². The quantitative estimate of drug-likeness (QED) is 0.920. The average molecular weight is 298 g/mol. The molecule has 116 valence electrons. The zero-order chi connectivity index (χ0) is 15.4. The highest BCUT2D eigenvalue weighted by Gasteiger charge is 2.30. The van der Waals surface area contributed by atoms with Gasteiger partial charge in [-0.3, -0.25) is 0 Å². The van der Waals surface area contributed by atoms with Crippen LogP contribution in [0.25, 0.3) is 0 Å². The fourth-order valence-electron chi connectivity index (χ4n) is 2.84. The number of carbonyl (C=O) groups is 1. The van der Waals surface area contributed by atoms with Gasteiger partial charge in [0.1, 0.15) is 5.82 Å². The maximum absolute atomic E-state index is 12.1. The number of aryl methyl sites for hydroxylation is 1. The van der Waals surface area contributed by atoms with E-state index in [9.17, 15) is 4.79 Å². The van der Waals surface area contributed by atoms with Gasteiger partial charge in [-0.05, 0) is 5.56 Å². The second kappa shape index (κ2) is 6.64. The molecule has 0 aliphatic carbocycles. The van der Waals surface area contributed by atoms with Crippen LogP contribution in [0.4, 0.5) is 4.79 Å². The molecule has 1 N–H and O–H groups in total. The summed E-state index contributed by atoms with van der Waals surface area (Å²) in [4.78, 5) is 18.3. The van der Waals surface area contributed by atoms with Gasteiger partial charge in [-0.2, -0.15) is 0 Å². The van der Waals surface area contributed by atoms with Gasteiger partial charge >= 0.3 is 6.03 Å². The molecule has 1 aliphatic rings. The third-order valence-corrected chi connectivity index (χ3v) is 4.10. The number of hydrogen-bond acceptors (Lipinski definition) is 2. The van der Waals surface area contributed by atoms with Crippen molar-refractivity contribution < 1.29 is 4.79 Å². The van der Waals surface area contributed by atoms with Crippen molar-refractivity contribution in [2.75, 3.05) is 13.1 Å². The minimum absolute atomic E-state index is 0.0291. The second-order valence-electron chi connectivity index (χ2n) is 5.76. The molecule has 0 atom stereocenters. The van der Waals surface area contributed by atoms with E-state index in [1.165, 1.54) is 0 Å². The number of likely N-dealkylation sites (tertiary alicyclic amines) is 1. The number of imidazole rings is 1. The Labute approximate surface area is 131 Å². The SMILES string of the molecule is CCc1nccn1CC1CN(C(=O)NCc2ccccc2)C1. The Morgan fingerprint density at radius 1 is 1.32 bits per heavy atom. The van der Waals surface area contributed by atoms with Crippen molar-refractivity contribution in [1.29, 1.82) is 0 Å². The maximum atomic E-state index is 12.1. The molecule has 1 aliphatic heterocycles. The van der Waals surface area contributed by atoms with Crippen LogP contribution in [0.15, 0.2) is 42.7 Å². The van der Waals surface area contributed by atoms with Gasteiger partial charge in [0.05, 0.1) is 0 Å². The fourth-order valence-corrected chi connectivity index (χ4v) is 2.84. The summed E-state index contributed by atoms with van der Waals surface area (Å²) in [5.41, 5.74) is 1.12. The molecule has 2 aromatic rings. The van der Waals surface area contributed by atoms with Gasteiger partial charge in [0, 0.05) is 50.9 Å². The molecule has 0 bridgehead atoms. The van der Waals surface area contributed by atoms with Crippen LogP contribution in [0.2, 0.25) is 0 Å². The summed E-state index contributed by atoms with van der Waals surface area (Å²) in [6.45, 7) is 5.29. The van der Waals surface area contributed by atoms with Gasteiger partial charge in [-0.25, -0.2) is 9.78 Å². The van der Waals surface area contributed by atoms with Crippen LogP contribution < -0.4 is 5.32 Å². The molecule has 5 heteroatoms. The van der Waals surface area contributed by atoms with Crippen LogP contribution >= 0.6 is 0 Å². The first-order valence-corrected chi connectivity index (χ1v) is 7.83. The van der Waals surface area contributed by atoms with Crippen molar-refractivity contribution in [1.82, 2.24) is 19.8 Å². The highest BCUT2D eigenvalue weighted by Crippen LogP contribution is 2.18. The van der Waals surface area contributed by atoms with E-state index < -0.39 is 0 Å². The number of hydrogen-bond donors (Lipinski definition) is 1. The fraction of sp³-hybridized carbons (Fsp3) is 0.412. The lowest BCUT2D eigenvalue weighted by Crippen LogP contribution is -2.54. The normalized spacial score (nSPS) is 14.7. The number of aromatic nitrogens is 2. The zero-order valence-electron chi connectivity index (χ0n) is 12.9. The monoisotopic (exact) mass is 298 g/mol. The Morgan fingerprint density at radius 3 is 2.82 bits per heavy atom. The predicted octanol–water partition coefficient (Wildman–Crippen LogP) is 2.29. The summed E-state index contributed by atoms with van der Waals surface area (Å²) in [5, 5.41) is 2.97. The zero-order valence-corrected chi connectivity index (χ0v) is 12.9. The first-order chi connectivity index (χ1) is 10.8. The molecule has 22 heavy (non-hydrogen) atoms. The van der Waals surface area contributed by atoms with E-state index in [0.717, 1.165) is 37.4 Å². The molecule has 0 unspecified atom stereocenters. The Bertz CT molecular complexity index is 617. The molecule has 1 aromatic heterocycles. The summed E-state index contributed by atoms with van der Waals surface area (Å²) in [7, 11) is 0. The van der Waals surface area contributed by atoms with Crippen LogP contribution in [0.3, 0.4) is 0 Å². The molecule has 5 nitrogen and oxygen atoms in total. The summed E-state index contributed by atoms with van der Waals surface area (Å²) in [6.07, 6.45) is 4.82. The highest BCUT2D eigenvalue weighted by atomic mass is 16.2. The third kappa shape index (κ3) is 3.30. The minimum atomic E-state index is 0.0291. The summed E-state index contributed by atoms with van der Waals surface area (Å²) in [6, 6.07) is 10.0. The smallest absolute Gasteiger partial charge is 0.317 e. The van der Waals surface area contributed by atoms with Gasteiger partial charge in [-0.15, -0.1) is 0 Å². The number of nitrogens with zero attached hydrogens (tertiary/aromatic N) is 3. The molecule has 1 saturated heterocycles. The number of amides is 2. The Morgan fingerprint density at radius 2 is 2.09 bits per heavy atom. The van der Waals surface area contributed by atoms with Crippen molar-refractivity contribution in [3.05, 3.63) is 54.1 Å². The molecule has 1 fully saturated rings. The lowest BCUT2D eigenvalue weighted by molar-refractivity contribution is 0.110. The third-order valence-electron chi connectivity index (χ3n) is 4.10. The first-order valence-electron chi connectivity index (χ1n) is 7.83. The molecule has 2 amide bonds. The Kier molecular flexibility index (Phi) is 4.42. The highest BCUT2D eigenvalue weighted by molar-refractivity contribution is 5.75. The molecule has 0 radical (unpaired) electrons. The van der Waals surface area contributed by atoms with Gasteiger partial charge < -0.3 is 14.8 Å².